The first-order chi connectivity index (χ1) is 8.16. The predicted octanol–water partition coefficient (Wildman–Crippen LogP) is 1.59. The summed E-state index contributed by atoms with van der Waals surface area (Å²) in [7, 11) is 0. The van der Waals surface area contributed by atoms with Crippen LogP contribution in [0.4, 0.5) is 0 Å². The average Bonchev–Trinajstić information content (AvgIpc) is 2.87. The molecule has 4 nitrogen and oxygen atoms in total. The Hall–Kier alpha value is -1.36. The number of carbonyl (C=O) groups excluding carboxylic acids is 2. The molecule has 2 heterocycles. The number of fused-ring (bicyclic) bond motifs is 2. The molecule has 0 radical (unpaired) electrons. The van der Waals surface area contributed by atoms with E-state index in [1.165, 1.54) is 0 Å². The van der Waals surface area contributed by atoms with E-state index in [0.717, 1.165) is 4.47 Å². The zero-order valence-corrected chi connectivity index (χ0v) is 10.5. The van der Waals surface area contributed by atoms with Crippen LogP contribution in [0.5, 0.6) is 0 Å². The van der Waals surface area contributed by atoms with Crippen molar-refractivity contribution in [2.45, 2.75) is 18.6 Å². The number of likely N-dealkylation sites (tertiary alicyclic amines) is 1. The van der Waals surface area contributed by atoms with Gasteiger partial charge in [0.05, 0.1) is 12.1 Å². The zero-order valence-electron chi connectivity index (χ0n) is 8.93. The van der Waals surface area contributed by atoms with Crippen LogP contribution < -0.4 is 0 Å². The van der Waals surface area contributed by atoms with Crippen molar-refractivity contribution in [3.8, 4) is 0 Å². The lowest BCUT2D eigenvalue weighted by Crippen LogP contribution is -2.44. The normalized spacial score (nSPS) is 26.2. The molecular formula is C12H10BrNO3. The van der Waals surface area contributed by atoms with Crippen molar-refractivity contribution in [2.24, 2.45) is 0 Å². The lowest BCUT2D eigenvalue weighted by molar-refractivity contribution is -0.149. The SMILES string of the molecule is O=C1OC2CC1N(C(=O)c1ccccc1Br)C2. The molecule has 2 aliphatic rings. The quantitative estimate of drug-likeness (QED) is 0.739. The molecule has 0 aromatic heterocycles. The van der Waals surface area contributed by atoms with Gasteiger partial charge in [-0.2, -0.15) is 0 Å². The van der Waals surface area contributed by atoms with Crippen LogP contribution in [0.15, 0.2) is 28.7 Å². The maximum Gasteiger partial charge on any atom is 0.329 e. The Morgan fingerprint density at radius 2 is 2.18 bits per heavy atom. The molecule has 1 aromatic carbocycles. The van der Waals surface area contributed by atoms with Gasteiger partial charge in [0.15, 0.2) is 0 Å². The number of benzene rings is 1. The summed E-state index contributed by atoms with van der Waals surface area (Å²) in [4.78, 5) is 25.3. The van der Waals surface area contributed by atoms with Gasteiger partial charge in [-0.25, -0.2) is 4.79 Å². The summed E-state index contributed by atoms with van der Waals surface area (Å²) in [6.07, 6.45) is 0.522. The second-order valence-electron chi connectivity index (χ2n) is 4.25. The Morgan fingerprint density at radius 3 is 2.82 bits per heavy atom. The highest BCUT2D eigenvalue weighted by Gasteiger charge is 2.48. The maximum absolute atomic E-state index is 12.3. The lowest BCUT2D eigenvalue weighted by Gasteiger charge is -2.26. The van der Waals surface area contributed by atoms with E-state index >= 15 is 0 Å². The first-order valence-electron chi connectivity index (χ1n) is 5.43. The van der Waals surface area contributed by atoms with E-state index in [1.54, 1.807) is 11.0 Å². The van der Waals surface area contributed by atoms with Crippen LogP contribution in [0.2, 0.25) is 0 Å². The van der Waals surface area contributed by atoms with Crippen LogP contribution >= 0.6 is 15.9 Å². The minimum Gasteiger partial charge on any atom is -0.459 e. The van der Waals surface area contributed by atoms with Crippen LogP contribution in [0, 0.1) is 0 Å². The minimum atomic E-state index is -0.389. The predicted molar refractivity (Wildman–Crippen MR) is 63.5 cm³/mol. The third kappa shape index (κ3) is 1.65. The van der Waals surface area contributed by atoms with Gasteiger partial charge in [0.25, 0.3) is 5.91 Å². The fourth-order valence-corrected chi connectivity index (χ4v) is 2.82. The van der Waals surface area contributed by atoms with Crippen molar-refractivity contribution in [1.82, 2.24) is 4.90 Å². The lowest BCUT2D eigenvalue weighted by atomic mass is 10.2. The molecule has 0 N–H and O–H groups in total. The van der Waals surface area contributed by atoms with Crippen LogP contribution in [0.3, 0.4) is 0 Å². The second kappa shape index (κ2) is 3.84. The molecule has 5 heteroatoms. The smallest absolute Gasteiger partial charge is 0.329 e. The Bertz CT molecular complexity index is 502. The molecule has 2 aliphatic heterocycles. The number of esters is 1. The molecular weight excluding hydrogens is 286 g/mol. The van der Waals surface area contributed by atoms with Crippen LogP contribution in [-0.4, -0.2) is 35.5 Å². The van der Waals surface area contributed by atoms with E-state index in [1.807, 2.05) is 18.2 Å². The van der Waals surface area contributed by atoms with Gasteiger partial charge in [0.1, 0.15) is 12.1 Å². The van der Waals surface area contributed by atoms with Gasteiger partial charge in [-0.3, -0.25) is 4.79 Å². The number of hydrogen-bond acceptors (Lipinski definition) is 3. The average molecular weight is 296 g/mol. The van der Waals surface area contributed by atoms with Gasteiger partial charge in [0, 0.05) is 10.9 Å². The molecule has 0 spiro atoms. The molecule has 2 atom stereocenters. The van der Waals surface area contributed by atoms with E-state index in [2.05, 4.69) is 15.9 Å². The van der Waals surface area contributed by atoms with E-state index in [9.17, 15) is 9.59 Å². The Balaban J connectivity index is 1.89. The largest absolute Gasteiger partial charge is 0.459 e. The molecule has 2 unspecified atom stereocenters. The maximum atomic E-state index is 12.3. The number of rotatable bonds is 1. The van der Waals surface area contributed by atoms with Gasteiger partial charge in [0.2, 0.25) is 0 Å². The molecule has 2 bridgehead atoms. The molecule has 2 saturated heterocycles. The number of carbonyl (C=O) groups is 2. The highest BCUT2D eigenvalue weighted by molar-refractivity contribution is 9.10. The fourth-order valence-electron chi connectivity index (χ4n) is 2.36. The molecule has 1 amide bonds. The van der Waals surface area contributed by atoms with Gasteiger partial charge in [-0.15, -0.1) is 0 Å². The monoisotopic (exact) mass is 295 g/mol. The van der Waals surface area contributed by atoms with E-state index < -0.39 is 0 Å². The Morgan fingerprint density at radius 1 is 1.41 bits per heavy atom. The number of hydrogen-bond donors (Lipinski definition) is 0. The molecule has 3 rings (SSSR count). The van der Waals surface area contributed by atoms with E-state index in [4.69, 9.17) is 4.74 Å². The topological polar surface area (TPSA) is 46.6 Å². The number of halogens is 1. The highest BCUT2D eigenvalue weighted by Crippen LogP contribution is 2.31. The van der Waals surface area contributed by atoms with Crippen LogP contribution in [0.1, 0.15) is 16.8 Å². The van der Waals surface area contributed by atoms with Crippen molar-refractivity contribution >= 4 is 27.8 Å². The summed E-state index contributed by atoms with van der Waals surface area (Å²) in [6, 6.07) is 6.85. The molecule has 0 saturated carbocycles. The summed E-state index contributed by atoms with van der Waals surface area (Å²) in [6.45, 7) is 0.510. The highest BCUT2D eigenvalue weighted by atomic mass is 79.9. The fraction of sp³-hybridized carbons (Fsp3) is 0.333. The van der Waals surface area contributed by atoms with Crippen molar-refractivity contribution in [3.05, 3.63) is 34.3 Å². The van der Waals surface area contributed by atoms with E-state index in [-0.39, 0.29) is 24.0 Å². The standard InChI is InChI=1S/C12H10BrNO3/c13-9-4-2-1-3-8(9)11(15)14-6-7-5-10(14)12(16)17-7/h1-4,7,10H,5-6H2. The third-order valence-corrected chi connectivity index (χ3v) is 3.87. The summed E-state index contributed by atoms with van der Waals surface area (Å²) in [5.74, 6) is -0.386. The molecule has 2 fully saturated rings. The van der Waals surface area contributed by atoms with Crippen molar-refractivity contribution in [1.29, 1.82) is 0 Å². The number of nitrogens with zero attached hydrogens (tertiary/aromatic N) is 1. The summed E-state index contributed by atoms with van der Waals surface area (Å²) < 4.78 is 5.81. The first-order valence-corrected chi connectivity index (χ1v) is 6.22. The van der Waals surface area contributed by atoms with Crippen LogP contribution in [-0.2, 0) is 9.53 Å². The molecule has 1 aromatic rings. The Labute approximate surface area is 107 Å². The van der Waals surface area contributed by atoms with Gasteiger partial charge in [-0.05, 0) is 28.1 Å². The summed E-state index contributed by atoms with van der Waals surface area (Å²) in [5, 5.41) is 0. The van der Waals surface area contributed by atoms with Crippen molar-refractivity contribution in [3.63, 3.8) is 0 Å². The van der Waals surface area contributed by atoms with Gasteiger partial charge >= 0.3 is 5.97 Å². The van der Waals surface area contributed by atoms with Crippen molar-refractivity contribution in [2.75, 3.05) is 6.54 Å². The minimum absolute atomic E-state index is 0.110. The van der Waals surface area contributed by atoms with Crippen molar-refractivity contribution < 1.29 is 14.3 Å². The van der Waals surface area contributed by atoms with E-state index in [0.29, 0.717) is 18.5 Å². The summed E-state index contributed by atoms with van der Waals surface area (Å²) >= 11 is 3.35. The van der Waals surface area contributed by atoms with Gasteiger partial charge in [-0.1, -0.05) is 12.1 Å². The third-order valence-electron chi connectivity index (χ3n) is 3.18. The first kappa shape index (κ1) is 10.8. The molecule has 0 aliphatic carbocycles. The molecule has 17 heavy (non-hydrogen) atoms. The molecule has 88 valence electrons. The number of amides is 1. The number of ether oxygens (including phenoxy) is 1. The summed E-state index contributed by atoms with van der Waals surface area (Å²) in [5.41, 5.74) is 0.591. The second-order valence-corrected chi connectivity index (χ2v) is 5.10. The van der Waals surface area contributed by atoms with Gasteiger partial charge < -0.3 is 9.64 Å². The Kier molecular flexibility index (Phi) is 2.43. The van der Waals surface area contributed by atoms with Crippen LogP contribution in [0.25, 0.3) is 0 Å². The number of morpholine rings is 1. The zero-order chi connectivity index (χ0) is 12.0.